The second-order valence-electron chi connectivity index (χ2n) is 4.44. The molecule has 1 N–H and O–H groups in total. The Morgan fingerprint density at radius 1 is 1.71 bits per heavy atom. The Morgan fingerprint density at radius 2 is 2.35 bits per heavy atom. The summed E-state index contributed by atoms with van der Waals surface area (Å²) in [4.78, 5) is 14.7. The summed E-state index contributed by atoms with van der Waals surface area (Å²) in [5.74, 6) is -0.848. The summed E-state index contributed by atoms with van der Waals surface area (Å²) in [6.07, 6.45) is 0.890. The summed E-state index contributed by atoms with van der Waals surface area (Å²) < 4.78 is 5.43. The molecule has 1 heterocycles. The first-order valence-corrected chi connectivity index (χ1v) is 5.90. The number of ether oxygens (including phenoxy) is 1. The minimum absolute atomic E-state index is 0.0467. The predicted octanol–water partition coefficient (Wildman–Crippen LogP) is 2.83. The predicted molar refractivity (Wildman–Crippen MR) is 64.1 cm³/mol. The molecule has 1 fully saturated rings. The van der Waals surface area contributed by atoms with Crippen LogP contribution in [0.1, 0.15) is 23.7 Å². The van der Waals surface area contributed by atoms with Crippen molar-refractivity contribution in [2.45, 2.75) is 18.7 Å². The highest BCUT2D eigenvalue weighted by atomic mass is 35.5. The zero-order valence-corrected chi connectivity index (χ0v) is 10.6. The molecule has 0 bridgehead atoms. The number of carbonyl (C=O) groups is 1. The molecule has 0 radical (unpaired) electrons. The van der Waals surface area contributed by atoms with E-state index in [4.69, 9.17) is 33.0 Å². The van der Waals surface area contributed by atoms with E-state index in [1.165, 1.54) is 12.1 Å². The Bertz CT molecular complexity index is 466. The molecular formula is C11H11Cl2NO3. The highest BCUT2D eigenvalue weighted by Gasteiger charge is 2.49. The van der Waals surface area contributed by atoms with E-state index in [-0.39, 0.29) is 27.4 Å². The lowest BCUT2D eigenvalue weighted by molar-refractivity contribution is 0.0696. The number of aromatic carboxylic acids is 1. The molecule has 1 aromatic rings. The van der Waals surface area contributed by atoms with Gasteiger partial charge in [-0.2, -0.15) is 0 Å². The molecule has 0 spiro atoms. The fourth-order valence-electron chi connectivity index (χ4n) is 1.41. The molecule has 0 aromatic carbocycles. The van der Waals surface area contributed by atoms with Crippen LogP contribution in [-0.4, -0.2) is 28.0 Å². The highest BCUT2D eigenvalue weighted by molar-refractivity contribution is 6.29. The van der Waals surface area contributed by atoms with Crippen molar-refractivity contribution in [1.82, 2.24) is 4.98 Å². The summed E-state index contributed by atoms with van der Waals surface area (Å²) in [5.41, 5.74) is 0.0120. The van der Waals surface area contributed by atoms with Gasteiger partial charge < -0.3 is 9.84 Å². The third-order valence-corrected chi connectivity index (χ3v) is 3.68. The summed E-state index contributed by atoms with van der Waals surface area (Å²) in [6.45, 7) is 2.42. The van der Waals surface area contributed by atoms with E-state index >= 15 is 0 Å². The van der Waals surface area contributed by atoms with Crippen molar-refractivity contribution in [3.05, 3.63) is 22.8 Å². The molecule has 1 aliphatic carbocycles. The topological polar surface area (TPSA) is 59.4 Å². The molecule has 17 heavy (non-hydrogen) atoms. The lowest BCUT2D eigenvalue weighted by Gasteiger charge is -2.11. The maximum absolute atomic E-state index is 10.8. The average molecular weight is 276 g/mol. The summed E-state index contributed by atoms with van der Waals surface area (Å²) in [6, 6.07) is 2.63. The fourth-order valence-corrected chi connectivity index (χ4v) is 2.03. The molecule has 0 aliphatic heterocycles. The van der Waals surface area contributed by atoms with Gasteiger partial charge in [-0.25, -0.2) is 9.78 Å². The molecule has 6 heteroatoms. The van der Waals surface area contributed by atoms with Crippen LogP contribution in [-0.2, 0) is 0 Å². The van der Waals surface area contributed by atoms with Crippen LogP contribution in [0.2, 0.25) is 5.15 Å². The molecule has 2 rings (SSSR count). The molecule has 1 aliphatic rings. The van der Waals surface area contributed by atoms with Crippen LogP contribution in [0.25, 0.3) is 0 Å². The summed E-state index contributed by atoms with van der Waals surface area (Å²) in [5, 5.41) is 9.07. The third-order valence-electron chi connectivity index (χ3n) is 2.81. The van der Waals surface area contributed by atoms with Crippen LogP contribution < -0.4 is 4.74 Å². The number of hydrogen-bond donors (Lipinski definition) is 1. The van der Waals surface area contributed by atoms with Gasteiger partial charge in [-0.05, 0) is 12.5 Å². The lowest BCUT2D eigenvalue weighted by Crippen LogP contribution is -2.13. The van der Waals surface area contributed by atoms with Gasteiger partial charge in [0, 0.05) is 16.9 Å². The van der Waals surface area contributed by atoms with Gasteiger partial charge in [0.1, 0.15) is 5.15 Å². The second kappa shape index (κ2) is 4.35. The van der Waals surface area contributed by atoms with Crippen molar-refractivity contribution < 1.29 is 14.6 Å². The number of alkyl halides is 1. The van der Waals surface area contributed by atoms with Crippen LogP contribution in [0.5, 0.6) is 5.88 Å². The number of carboxylic acids is 1. The lowest BCUT2D eigenvalue weighted by atomic mass is 10.2. The molecule has 92 valence electrons. The molecule has 2 atom stereocenters. The first-order valence-electron chi connectivity index (χ1n) is 5.08. The monoisotopic (exact) mass is 275 g/mol. The zero-order valence-electron chi connectivity index (χ0n) is 9.11. The highest BCUT2D eigenvalue weighted by Crippen LogP contribution is 2.49. The first-order chi connectivity index (χ1) is 7.90. The Kier molecular flexibility index (Phi) is 3.19. The standard InChI is InChI=1S/C11H11Cl2NO3/c1-11(4-7(11)12)5-17-9-3-6(10(15)16)2-8(13)14-9/h2-3,7H,4-5H2,1H3,(H,15,16)/t7-,11-/m0/s1. The molecule has 0 amide bonds. The Labute approximate surface area is 109 Å². The van der Waals surface area contributed by atoms with Crippen molar-refractivity contribution >= 4 is 29.2 Å². The Hall–Kier alpha value is -1.000. The van der Waals surface area contributed by atoms with Crippen molar-refractivity contribution in [3.63, 3.8) is 0 Å². The largest absolute Gasteiger partial charge is 0.478 e. The van der Waals surface area contributed by atoms with Gasteiger partial charge in [0.2, 0.25) is 5.88 Å². The van der Waals surface area contributed by atoms with Gasteiger partial charge in [-0.15, -0.1) is 11.6 Å². The Morgan fingerprint density at radius 3 is 2.88 bits per heavy atom. The van der Waals surface area contributed by atoms with E-state index in [0.29, 0.717) is 6.61 Å². The normalized spacial score (nSPS) is 26.6. The number of hydrogen-bond acceptors (Lipinski definition) is 3. The third kappa shape index (κ3) is 2.82. The summed E-state index contributed by atoms with van der Waals surface area (Å²) >= 11 is 11.7. The van der Waals surface area contributed by atoms with Crippen LogP contribution >= 0.6 is 23.2 Å². The van der Waals surface area contributed by atoms with E-state index < -0.39 is 5.97 Å². The van der Waals surface area contributed by atoms with Crippen LogP contribution in [0, 0.1) is 5.41 Å². The number of carboxylic acid groups (broad SMARTS) is 1. The number of aromatic nitrogens is 1. The van der Waals surface area contributed by atoms with E-state index in [2.05, 4.69) is 4.98 Å². The van der Waals surface area contributed by atoms with E-state index in [0.717, 1.165) is 6.42 Å². The maximum atomic E-state index is 10.8. The van der Waals surface area contributed by atoms with E-state index in [9.17, 15) is 4.79 Å². The van der Waals surface area contributed by atoms with Crippen LogP contribution in [0.15, 0.2) is 12.1 Å². The van der Waals surface area contributed by atoms with E-state index in [1.807, 2.05) is 6.92 Å². The maximum Gasteiger partial charge on any atom is 0.335 e. The minimum Gasteiger partial charge on any atom is -0.478 e. The van der Waals surface area contributed by atoms with Gasteiger partial charge in [0.15, 0.2) is 0 Å². The van der Waals surface area contributed by atoms with Gasteiger partial charge in [-0.1, -0.05) is 18.5 Å². The van der Waals surface area contributed by atoms with Gasteiger partial charge >= 0.3 is 5.97 Å². The zero-order chi connectivity index (χ0) is 12.6. The minimum atomic E-state index is -1.06. The Balaban J connectivity index is 2.08. The van der Waals surface area contributed by atoms with Gasteiger partial charge in [0.25, 0.3) is 0 Å². The molecular weight excluding hydrogens is 265 g/mol. The number of rotatable bonds is 4. The first kappa shape index (κ1) is 12.5. The molecule has 1 saturated carbocycles. The second-order valence-corrected chi connectivity index (χ2v) is 5.35. The molecule has 1 aromatic heterocycles. The van der Waals surface area contributed by atoms with Crippen LogP contribution in [0.4, 0.5) is 0 Å². The van der Waals surface area contributed by atoms with Crippen molar-refractivity contribution in [3.8, 4) is 5.88 Å². The number of halogens is 2. The smallest absolute Gasteiger partial charge is 0.335 e. The van der Waals surface area contributed by atoms with Crippen molar-refractivity contribution in [2.24, 2.45) is 5.41 Å². The average Bonchev–Trinajstić information content (AvgIpc) is 2.84. The fraction of sp³-hybridized carbons (Fsp3) is 0.455. The molecule has 4 nitrogen and oxygen atoms in total. The SMILES string of the molecule is C[C@@]1(COc2cc(C(=O)O)cc(Cl)n2)C[C@@H]1Cl. The number of pyridine rings is 1. The summed E-state index contributed by atoms with van der Waals surface area (Å²) in [7, 11) is 0. The van der Waals surface area contributed by atoms with Gasteiger partial charge in [-0.3, -0.25) is 0 Å². The number of nitrogens with zero attached hydrogens (tertiary/aromatic N) is 1. The van der Waals surface area contributed by atoms with E-state index in [1.54, 1.807) is 0 Å². The van der Waals surface area contributed by atoms with Gasteiger partial charge in [0.05, 0.1) is 12.2 Å². The van der Waals surface area contributed by atoms with Crippen LogP contribution in [0.3, 0.4) is 0 Å². The molecule has 0 saturated heterocycles. The quantitative estimate of drug-likeness (QED) is 0.678. The molecule has 0 unspecified atom stereocenters. The van der Waals surface area contributed by atoms with Crippen molar-refractivity contribution in [1.29, 1.82) is 0 Å². The van der Waals surface area contributed by atoms with Crippen molar-refractivity contribution in [2.75, 3.05) is 6.61 Å².